The maximum atomic E-state index is 8.78. The van der Waals surface area contributed by atoms with E-state index < -0.39 is 0 Å². The van der Waals surface area contributed by atoms with Crippen LogP contribution < -0.4 is 5.32 Å². The third kappa shape index (κ3) is 4.17. The van der Waals surface area contributed by atoms with E-state index >= 15 is 0 Å². The van der Waals surface area contributed by atoms with Crippen LogP contribution in [0.25, 0.3) is 0 Å². The molecule has 18 heavy (non-hydrogen) atoms. The number of nitrogens with zero attached hydrogens (tertiary/aromatic N) is 1. The molecule has 2 atom stereocenters. The van der Waals surface area contributed by atoms with E-state index in [2.05, 4.69) is 25.2 Å². The second kappa shape index (κ2) is 7.63. The predicted molar refractivity (Wildman–Crippen MR) is 76.9 cm³/mol. The summed E-state index contributed by atoms with van der Waals surface area (Å²) in [7, 11) is 0. The quantitative estimate of drug-likeness (QED) is 0.820. The molecular formula is C14H18Cl2N2. The maximum absolute atomic E-state index is 8.78. The topological polar surface area (TPSA) is 35.8 Å². The maximum Gasteiger partial charge on any atom is 0.0638 e. The third-order valence-corrected chi connectivity index (χ3v) is 3.58. The summed E-state index contributed by atoms with van der Waals surface area (Å²) in [5, 5.41) is 13.6. The first-order valence-corrected chi connectivity index (χ1v) is 6.95. The van der Waals surface area contributed by atoms with Crippen LogP contribution in [-0.4, -0.2) is 6.04 Å². The Bertz CT molecular complexity index is 426. The van der Waals surface area contributed by atoms with Crippen LogP contribution >= 0.6 is 23.2 Å². The number of rotatable bonds is 6. The van der Waals surface area contributed by atoms with E-state index in [4.69, 9.17) is 28.5 Å². The SMILES string of the molecule is CCC(CC#N)NC(CC)c1ccc(Cl)cc1Cl. The molecule has 2 unspecified atom stereocenters. The zero-order chi connectivity index (χ0) is 13.5. The lowest BCUT2D eigenvalue weighted by atomic mass is 10.0. The van der Waals surface area contributed by atoms with E-state index in [1.165, 1.54) is 0 Å². The van der Waals surface area contributed by atoms with Crippen molar-refractivity contribution in [3.8, 4) is 6.07 Å². The molecule has 0 bridgehead atoms. The minimum atomic E-state index is 0.160. The van der Waals surface area contributed by atoms with Gasteiger partial charge >= 0.3 is 0 Å². The molecule has 1 aromatic rings. The van der Waals surface area contributed by atoms with E-state index in [0.717, 1.165) is 18.4 Å². The van der Waals surface area contributed by atoms with Crippen LogP contribution in [0.2, 0.25) is 10.0 Å². The fourth-order valence-corrected chi connectivity index (χ4v) is 2.47. The predicted octanol–water partition coefficient (Wildman–Crippen LogP) is 4.73. The lowest BCUT2D eigenvalue weighted by molar-refractivity contribution is 0.420. The third-order valence-electron chi connectivity index (χ3n) is 3.01. The second-order valence-corrected chi connectivity index (χ2v) is 5.10. The van der Waals surface area contributed by atoms with Crippen molar-refractivity contribution in [2.45, 2.75) is 45.2 Å². The lowest BCUT2D eigenvalue weighted by Crippen LogP contribution is -2.32. The average molecular weight is 285 g/mol. The summed E-state index contributed by atoms with van der Waals surface area (Å²) in [6, 6.07) is 8.12. The molecule has 0 amide bonds. The van der Waals surface area contributed by atoms with Crippen molar-refractivity contribution in [1.29, 1.82) is 5.26 Å². The summed E-state index contributed by atoms with van der Waals surface area (Å²) >= 11 is 12.1. The number of benzene rings is 1. The zero-order valence-corrected chi connectivity index (χ0v) is 12.2. The first kappa shape index (κ1) is 15.3. The highest BCUT2D eigenvalue weighted by atomic mass is 35.5. The molecule has 0 aliphatic carbocycles. The van der Waals surface area contributed by atoms with E-state index in [9.17, 15) is 0 Å². The molecule has 0 saturated carbocycles. The van der Waals surface area contributed by atoms with E-state index in [1.807, 2.05) is 12.1 Å². The number of hydrogen-bond donors (Lipinski definition) is 1. The van der Waals surface area contributed by atoms with Crippen LogP contribution in [0.15, 0.2) is 18.2 Å². The summed E-state index contributed by atoms with van der Waals surface area (Å²) in [5.74, 6) is 0. The molecule has 1 rings (SSSR count). The van der Waals surface area contributed by atoms with Crippen LogP contribution in [0.4, 0.5) is 0 Å². The van der Waals surface area contributed by atoms with Crippen molar-refractivity contribution in [2.24, 2.45) is 0 Å². The average Bonchev–Trinajstić information content (AvgIpc) is 2.35. The van der Waals surface area contributed by atoms with E-state index in [-0.39, 0.29) is 12.1 Å². The zero-order valence-electron chi connectivity index (χ0n) is 10.7. The standard InChI is InChI=1S/C14H18Cl2N2/c1-3-11(7-8-17)18-14(4-2)12-6-5-10(15)9-13(12)16/h5-6,9,11,14,18H,3-4,7H2,1-2H3. The Morgan fingerprint density at radius 2 is 2.00 bits per heavy atom. The molecule has 98 valence electrons. The van der Waals surface area contributed by atoms with Gasteiger partial charge in [-0.2, -0.15) is 5.26 Å². The molecular weight excluding hydrogens is 267 g/mol. The number of halogens is 2. The lowest BCUT2D eigenvalue weighted by Gasteiger charge is -2.24. The molecule has 0 aliphatic rings. The Morgan fingerprint density at radius 1 is 1.28 bits per heavy atom. The molecule has 2 nitrogen and oxygen atoms in total. The minimum Gasteiger partial charge on any atom is -0.306 e. The highest BCUT2D eigenvalue weighted by Crippen LogP contribution is 2.28. The van der Waals surface area contributed by atoms with Crippen molar-refractivity contribution in [1.82, 2.24) is 5.32 Å². The largest absolute Gasteiger partial charge is 0.306 e. The molecule has 0 heterocycles. The molecule has 0 spiro atoms. The summed E-state index contributed by atoms with van der Waals surface area (Å²) < 4.78 is 0. The Balaban J connectivity index is 2.85. The molecule has 0 saturated heterocycles. The van der Waals surface area contributed by atoms with Gasteiger partial charge in [0.15, 0.2) is 0 Å². The molecule has 1 aromatic carbocycles. The molecule has 4 heteroatoms. The fraction of sp³-hybridized carbons (Fsp3) is 0.500. The molecule has 0 fully saturated rings. The van der Waals surface area contributed by atoms with Gasteiger partial charge in [-0.1, -0.05) is 43.1 Å². The smallest absolute Gasteiger partial charge is 0.0638 e. The summed E-state index contributed by atoms with van der Waals surface area (Å²) in [4.78, 5) is 0. The van der Waals surface area contributed by atoms with Gasteiger partial charge in [-0.15, -0.1) is 0 Å². The van der Waals surface area contributed by atoms with Gasteiger partial charge in [0.25, 0.3) is 0 Å². The Labute approximate surface area is 119 Å². The van der Waals surface area contributed by atoms with Crippen LogP contribution in [0.3, 0.4) is 0 Å². The van der Waals surface area contributed by atoms with Gasteiger partial charge in [-0.05, 0) is 30.5 Å². The second-order valence-electron chi connectivity index (χ2n) is 4.26. The van der Waals surface area contributed by atoms with Crippen LogP contribution in [0.5, 0.6) is 0 Å². The molecule has 0 aliphatic heterocycles. The summed E-state index contributed by atoms with van der Waals surface area (Å²) in [6.45, 7) is 4.17. The minimum absolute atomic E-state index is 0.160. The Kier molecular flexibility index (Phi) is 6.49. The van der Waals surface area contributed by atoms with Crippen molar-refractivity contribution < 1.29 is 0 Å². The van der Waals surface area contributed by atoms with Gasteiger partial charge in [0.2, 0.25) is 0 Å². The van der Waals surface area contributed by atoms with Crippen molar-refractivity contribution >= 4 is 23.2 Å². The Hall–Kier alpha value is -0.750. The number of nitriles is 1. The monoisotopic (exact) mass is 284 g/mol. The number of hydrogen-bond acceptors (Lipinski definition) is 2. The van der Waals surface area contributed by atoms with Gasteiger partial charge in [-0.25, -0.2) is 0 Å². The highest BCUT2D eigenvalue weighted by Gasteiger charge is 2.16. The fourth-order valence-electron chi connectivity index (χ4n) is 1.93. The van der Waals surface area contributed by atoms with Crippen LogP contribution in [0.1, 0.15) is 44.7 Å². The summed E-state index contributed by atoms with van der Waals surface area (Å²) in [6.07, 6.45) is 2.36. The van der Waals surface area contributed by atoms with Gasteiger partial charge in [0, 0.05) is 22.1 Å². The van der Waals surface area contributed by atoms with Gasteiger partial charge in [0.1, 0.15) is 0 Å². The summed E-state index contributed by atoms with van der Waals surface area (Å²) in [5.41, 5.74) is 1.04. The first-order chi connectivity index (χ1) is 8.62. The molecule has 0 radical (unpaired) electrons. The van der Waals surface area contributed by atoms with Gasteiger partial charge < -0.3 is 5.32 Å². The van der Waals surface area contributed by atoms with Crippen LogP contribution in [0, 0.1) is 11.3 Å². The van der Waals surface area contributed by atoms with Gasteiger partial charge in [0.05, 0.1) is 12.5 Å². The normalized spacial score (nSPS) is 13.9. The molecule has 1 N–H and O–H groups in total. The van der Waals surface area contributed by atoms with Crippen LogP contribution in [-0.2, 0) is 0 Å². The highest BCUT2D eigenvalue weighted by molar-refractivity contribution is 6.35. The van der Waals surface area contributed by atoms with Gasteiger partial charge in [-0.3, -0.25) is 0 Å². The van der Waals surface area contributed by atoms with Crippen molar-refractivity contribution in [3.05, 3.63) is 33.8 Å². The van der Waals surface area contributed by atoms with Crippen molar-refractivity contribution in [3.63, 3.8) is 0 Å². The first-order valence-electron chi connectivity index (χ1n) is 6.20. The van der Waals surface area contributed by atoms with Crippen molar-refractivity contribution in [2.75, 3.05) is 0 Å². The molecule has 0 aromatic heterocycles. The van der Waals surface area contributed by atoms with E-state index in [1.54, 1.807) is 6.07 Å². The van der Waals surface area contributed by atoms with E-state index in [0.29, 0.717) is 16.5 Å². The Morgan fingerprint density at radius 3 is 2.50 bits per heavy atom. The number of nitrogens with one attached hydrogen (secondary N) is 1.